The van der Waals surface area contributed by atoms with E-state index in [0.717, 1.165) is 0 Å². The third kappa shape index (κ3) is 14.2. The first-order chi connectivity index (χ1) is 39.6. The Labute approximate surface area is 476 Å². The molecule has 460 valence electrons. The predicted molar refractivity (Wildman–Crippen MR) is 244 cm³/mol. The smallest absolute Gasteiger partial charge is 0.863 e. The van der Waals surface area contributed by atoms with Crippen LogP contribution < -0.4 is 14.0 Å². The topological polar surface area (TPSA) is 816 Å². The number of phenols is 7. The van der Waals surface area contributed by atoms with Crippen LogP contribution in [0.1, 0.15) is 0 Å². The second-order valence-corrected chi connectivity index (χ2v) is 15.5. The van der Waals surface area contributed by atoms with E-state index < -0.39 is 232 Å². The minimum absolute atomic E-state index is 0. The zero-order valence-corrected chi connectivity index (χ0v) is 41.7. The Morgan fingerprint density at radius 1 is 0.276 bits per heavy atom. The van der Waals surface area contributed by atoms with E-state index in [-0.39, 0.29) is 46.8 Å². The molecule has 5 aromatic rings. The molecule has 0 saturated carbocycles. The summed E-state index contributed by atoms with van der Waals surface area (Å²) in [6.07, 6.45) is 0. The molecule has 0 bridgehead atoms. The number of rotatable bonds is 21. The van der Waals surface area contributed by atoms with Crippen LogP contribution in [0.5, 0.6) is 57.5 Å². The van der Waals surface area contributed by atoms with E-state index in [1.807, 2.05) is 0 Å². The van der Waals surface area contributed by atoms with Crippen molar-refractivity contribution in [3.8, 4) is 57.5 Å². The first-order valence-corrected chi connectivity index (χ1v) is 21.0. The Hall–Kier alpha value is -13.9. The Kier molecular flexibility index (Phi) is 21.2. The molecular weight excluding hydrogens is 1300 g/mol. The van der Waals surface area contributed by atoms with E-state index in [1.54, 1.807) is 0 Å². The molecule has 0 saturated heterocycles. The predicted octanol–water partition coefficient (Wildman–Crippen LogP) is 2.40. The summed E-state index contributed by atoms with van der Waals surface area (Å²) in [6, 6.07) is -0.0633. The van der Waals surface area contributed by atoms with Crippen molar-refractivity contribution < 1.29 is 148 Å². The minimum atomic E-state index is -5.70. The summed E-state index contributed by atoms with van der Waals surface area (Å²) in [4.78, 5) is 146. The first kappa shape index (κ1) is 69.2. The molecule has 0 unspecified atom stereocenters. The molecule has 0 aliphatic heterocycles. The molecule has 5 aromatic carbocycles. The van der Waals surface area contributed by atoms with Crippen molar-refractivity contribution in [2.75, 3.05) is 0 Å². The Morgan fingerprint density at radius 2 is 0.460 bits per heavy atom. The summed E-state index contributed by atoms with van der Waals surface area (Å²) in [7, 11) is 0. The molecule has 0 atom stereocenters. The van der Waals surface area contributed by atoms with Crippen LogP contribution in [-0.4, -0.2) is 125 Å². The molecule has 57 heteroatoms. The average molecular weight is 1310 g/mol. The Morgan fingerprint density at radius 3 is 0.667 bits per heavy atom. The van der Waals surface area contributed by atoms with Gasteiger partial charge >= 0.3 is 89.1 Å². The maximum atomic E-state index is 13.0. The molecule has 0 aliphatic rings. The summed E-state index contributed by atoms with van der Waals surface area (Å²) >= 11 is -5.70. The van der Waals surface area contributed by atoms with Crippen molar-refractivity contribution in [3.05, 3.63) is 172 Å². The molecule has 0 spiro atoms. The van der Waals surface area contributed by atoms with E-state index in [1.165, 1.54) is 0 Å². The number of phenolic OH excluding ortho intramolecular Hbond substituents is 7. The number of nitrogens with zero attached hydrogens (tertiary/aromatic N) is 15. The van der Waals surface area contributed by atoms with E-state index in [4.69, 9.17) is 24.2 Å². The van der Waals surface area contributed by atoms with Crippen molar-refractivity contribution in [2.45, 2.75) is 0 Å². The van der Waals surface area contributed by atoms with Gasteiger partial charge in [0.1, 0.15) is 18.2 Å². The van der Waals surface area contributed by atoms with Gasteiger partial charge in [-0.15, -0.1) is 0 Å². The maximum Gasteiger partial charge on any atom is 1.32 e. The number of nitro benzene ring substituents is 13. The van der Waals surface area contributed by atoms with Gasteiger partial charge in [0.25, 0.3) is 51.6 Å². The number of aromatic hydroxyl groups is 7. The second kappa shape index (κ2) is 26.6. The minimum Gasteiger partial charge on any atom is -0.863 e. The third-order valence-electron chi connectivity index (χ3n) is 9.44. The molecule has 87 heavy (non-hydrogen) atoms. The number of benzene rings is 5. The van der Waals surface area contributed by atoms with Crippen molar-refractivity contribution in [1.82, 2.24) is 0 Å². The molecule has 0 radical (unpaired) electrons. The van der Waals surface area contributed by atoms with Crippen molar-refractivity contribution >= 4 is 100 Å². The third-order valence-corrected chi connectivity index (χ3v) is 10.6. The summed E-state index contributed by atoms with van der Waals surface area (Å²) in [5.74, 6) is -18.4. The van der Waals surface area contributed by atoms with Gasteiger partial charge in [-0.25, -0.2) is 0 Å². The van der Waals surface area contributed by atoms with E-state index in [2.05, 4.69) is 7.78 Å². The van der Waals surface area contributed by atoms with Crippen LogP contribution >= 0.6 is 0 Å². The van der Waals surface area contributed by atoms with Gasteiger partial charge < -0.3 is 49.7 Å². The fourth-order valence-corrected chi connectivity index (χ4v) is 6.93. The van der Waals surface area contributed by atoms with Gasteiger partial charge in [0.2, 0.25) is 15.6 Å². The van der Waals surface area contributed by atoms with Gasteiger partial charge in [-0.05, 0) is 0 Å². The molecule has 0 heterocycles. The largest absolute Gasteiger partial charge is 1.32 e. The van der Waals surface area contributed by atoms with Crippen LogP contribution in [0.3, 0.4) is 0 Å². The van der Waals surface area contributed by atoms with Crippen LogP contribution in [0, 0.1) is 141 Å². The van der Waals surface area contributed by atoms with Crippen molar-refractivity contribution in [2.24, 2.45) is 0 Å². The monoisotopic (exact) mass is 1310 g/mol. The summed E-state index contributed by atoms with van der Waals surface area (Å²) in [5, 5.41) is 235. The van der Waals surface area contributed by atoms with Crippen LogP contribution in [0.4, 0.5) is 85.3 Å². The molecule has 0 amide bonds. The molecule has 55 nitrogen and oxygen atoms in total. The standard InChI is InChI=1S/5C6H3N3O8.Al.Ni/c5*10-5-2(7(12)13)1-3(8(14)15)6(11)4(5)9(16)17;;/h5*1,10-11H;;/q;;;;;+3;/p-3. The quantitative estimate of drug-likeness (QED) is 0.0315. The SMILES string of the molecule is O=[N+]([O-])c1cc([N+](=O)[O-])c(O)c([N+](=O)[O-])c1O.O=[N+]([O-])c1cc([N+](=O)[O-])c(O)c([N+](=O)[O-])c1O.O=[N+]([O-])c1cc([N+](=O)[O-])c(O)c([N+](=O)[O][Al]([O]c2c([N+](=O)[O-])cc([N+](=O)[O-])c(O)c2[N+](=O)[O-])[O][N+](=O)c2c([O-])c([N+](=O)[O-])cc([N+](=O)[O-])c2O)c1[O-].[Ni]. The normalized spacial score (nSPS) is 10.1. The van der Waals surface area contributed by atoms with Crippen molar-refractivity contribution in [3.63, 3.8) is 0 Å². The molecule has 0 fully saturated rings. The zero-order valence-electron chi connectivity index (χ0n) is 39.6. The van der Waals surface area contributed by atoms with Crippen molar-refractivity contribution in [1.29, 1.82) is 0 Å². The Bertz CT molecular complexity index is 3600. The van der Waals surface area contributed by atoms with Crippen LogP contribution in [-0.2, 0) is 24.3 Å². The van der Waals surface area contributed by atoms with Crippen LogP contribution in [0.15, 0.2) is 30.3 Å². The van der Waals surface area contributed by atoms with Gasteiger partial charge in [0.05, 0.1) is 97.4 Å². The average Bonchev–Trinajstić information content (AvgIpc) is 1.02. The molecule has 0 aromatic heterocycles. The second-order valence-electron chi connectivity index (χ2n) is 14.2. The first-order valence-electron chi connectivity index (χ1n) is 19.6. The number of nitro groups is 13. The van der Waals surface area contributed by atoms with E-state index >= 15 is 0 Å². The van der Waals surface area contributed by atoms with Gasteiger partial charge in [0.15, 0.2) is 0 Å². The summed E-state index contributed by atoms with van der Waals surface area (Å²) < 4.78 is 13.5. The van der Waals surface area contributed by atoms with Gasteiger partial charge in [-0.1, -0.05) is 0 Å². The number of hydrogen-bond donors (Lipinski definition) is 7. The summed E-state index contributed by atoms with van der Waals surface area (Å²) in [6.45, 7) is 0. The number of hydrogen-bond acceptors (Lipinski definition) is 40. The van der Waals surface area contributed by atoms with Gasteiger partial charge in [-0.2, -0.15) is 0 Å². The fraction of sp³-hybridized carbons (Fsp3) is 0. The van der Waals surface area contributed by atoms with Crippen LogP contribution in [0.2, 0.25) is 0 Å². The van der Waals surface area contributed by atoms with Gasteiger partial charge in [0, 0.05) is 16.5 Å². The van der Waals surface area contributed by atoms with E-state index in [0.29, 0.717) is 0 Å². The molecular formula is C30H12AlN15NiO40. The fourth-order valence-electron chi connectivity index (χ4n) is 5.85. The maximum absolute atomic E-state index is 13.0. The van der Waals surface area contributed by atoms with E-state index in [9.17, 15) is 167 Å². The molecule has 7 N–H and O–H groups in total. The molecule has 0 aliphatic carbocycles. The molecule has 5 rings (SSSR count). The summed E-state index contributed by atoms with van der Waals surface area (Å²) in [5.41, 5.74) is -25.1. The van der Waals surface area contributed by atoms with Crippen LogP contribution in [0.25, 0.3) is 0 Å². The zero-order chi connectivity index (χ0) is 66.3. The Balaban J connectivity index is 0.000000595. The van der Waals surface area contributed by atoms with Gasteiger partial charge in [-0.3, -0.25) is 139 Å².